The highest BCUT2D eigenvalue weighted by molar-refractivity contribution is 6.76. The molecule has 5 rings (SSSR count). The molecule has 1 amide bonds. The van der Waals surface area contributed by atoms with Crippen LogP contribution in [0.4, 0.5) is 23.2 Å². The van der Waals surface area contributed by atoms with Gasteiger partial charge in [0.2, 0.25) is 0 Å². The van der Waals surface area contributed by atoms with Crippen molar-refractivity contribution in [1.82, 2.24) is 15.2 Å². The third kappa shape index (κ3) is 10.8. The number of amides is 1. The molecule has 13 heteroatoms. The molecule has 1 aliphatic rings. The fraction of sp³-hybridized carbons (Fsp3) is 0.444. The van der Waals surface area contributed by atoms with Crippen molar-refractivity contribution >= 4 is 45.3 Å². The van der Waals surface area contributed by atoms with Crippen LogP contribution in [0.1, 0.15) is 10.7 Å². The van der Waals surface area contributed by atoms with E-state index in [0.717, 1.165) is 47.8 Å². The molecule has 3 heterocycles. The summed E-state index contributed by atoms with van der Waals surface area (Å²) in [5.74, 6) is 0.222. The van der Waals surface area contributed by atoms with E-state index in [1.54, 1.807) is 6.20 Å². The summed E-state index contributed by atoms with van der Waals surface area (Å²) in [6.07, 6.45) is 1.69. The molecule has 11 nitrogen and oxygen atoms in total. The van der Waals surface area contributed by atoms with Crippen LogP contribution in [0.2, 0.25) is 51.4 Å². The van der Waals surface area contributed by atoms with E-state index in [0.29, 0.717) is 32.1 Å². The minimum atomic E-state index is -1.33. The summed E-state index contributed by atoms with van der Waals surface area (Å²) < 4.78 is 23.8. The van der Waals surface area contributed by atoms with E-state index in [-0.39, 0.29) is 25.4 Å². The van der Waals surface area contributed by atoms with Crippen molar-refractivity contribution in [2.75, 3.05) is 67.7 Å². The Balaban J connectivity index is 1.40. The lowest BCUT2D eigenvalue weighted by atomic mass is 10.1. The fourth-order valence-corrected chi connectivity index (χ4v) is 6.60. The van der Waals surface area contributed by atoms with Gasteiger partial charge in [-0.3, -0.25) is 14.6 Å². The van der Waals surface area contributed by atoms with E-state index < -0.39 is 22.1 Å². The van der Waals surface area contributed by atoms with E-state index >= 15 is 0 Å². The van der Waals surface area contributed by atoms with Crippen LogP contribution in [-0.4, -0.2) is 90.2 Å². The van der Waals surface area contributed by atoms with Crippen LogP contribution in [-0.2, 0) is 14.2 Å². The molecular weight excluding hydrogens is 653 g/mol. The van der Waals surface area contributed by atoms with Gasteiger partial charge in [-0.2, -0.15) is 0 Å². The quantitative estimate of drug-likeness (QED) is 0.0667. The van der Waals surface area contributed by atoms with Gasteiger partial charge in [0, 0.05) is 48.1 Å². The van der Waals surface area contributed by atoms with Gasteiger partial charge in [0.25, 0.3) is 0 Å². The zero-order chi connectivity index (χ0) is 34.9. The molecule has 0 saturated carbocycles. The molecule has 0 aliphatic carbocycles. The van der Waals surface area contributed by atoms with Gasteiger partial charge in [0.15, 0.2) is 0 Å². The number of rotatable bonds is 16. The standard InChI is InChI=1S/C36H50N6O5Si2/c1-48(2,3)23-21-45-27-41(32-15-16-33(37-26-32)40-17-19-44-20-18-40)35(43)34-38-39-36(47-34)42(28-46-22-24-49(4,5)6)31-14-10-13-30(25-31)29-11-8-7-9-12-29/h7-16,25-26H,17-24,27-28H2,1-6H3. The molecule has 1 fully saturated rings. The summed E-state index contributed by atoms with van der Waals surface area (Å²) >= 11 is 0. The van der Waals surface area contributed by atoms with E-state index in [9.17, 15) is 4.79 Å². The predicted octanol–water partition coefficient (Wildman–Crippen LogP) is 7.38. The molecular formula is C36H50N6O5Si2. The largest absolute Gasteiger partial charge is 0.398 e. The molecule has 0 atom stereocenters. The Kier molecular flexibility index (Phi) is 12.4. The first kappa shape index (κ1) is 36.4. The number of morpholine rings is 1. The van der Waals surface area contributed by atoms with Crippen LogP contribution in [0.15, 0.2) is 77.3 Å². The maximum Gasteiger partial charge on any atom is 0.325 e. The molecule has 49 heavy (non-hydrogen) atoms. The van der Waals surface area contributed by atoms with Crippen molar-refractivity contribution in [3.8, 4) is 11.1 Å². The lowest BCUT2D eigenvalue weighted by Gasteiger charge is -2.28. The number of ether oxygens (including phenoxy) is 3. The molecule has 0 unspecified atom stereocenters. The first-order valence-corrected chi connectivity index (χ1v) is 24.4. The van der Waals surface area contributed by atoms with Crippen molar-refractivity contribution in [1.29, 1.82) is 0 Å². The Morgan fingerprint density at radius 3 is 2.12 bits per heavy atom. The van der Waals surface area contributed by atoms with Crippen molar-refractivity contribution in [3.05, 3.63) is 78.8 Å². The number of nitrogens with zero attached hydrogens (tertiary/aromatic N) is 6. The third-order valence-electron chi connectivity index (χ3n) is 8.15. The van der Waals surface area contributed by atoms with Crippen molar-refractivity contribution in [2.45, 2.75) is 51.4 Å². The second kappa shape index (κ2) is 16.7. The van der Waals surface area contributed by atoms with Gasteiger partial charge in [0.1, 0.15) is 19.3 Å². The molecule has 4 aromatic rings. The second-order valence-electron chi connectivity index (χ2n) is 14.6. The Morgan fingerprint density at radius 1 is 0.796 bits per heavy atom. The SMILES string of the molecule is C[Si](C)(C)CCOCN(C(=O)c1nnc(N(COCC[Si](C)(C)C)c2cccc(-c3ccccc3)c2)o1)c1ccc(N2CCOCC2)nc1. The molecule has 1 saturated heterocycles. The number of aromatic nitrogens is 3. The van der Waals surface area contributed by atoms with Crippen molar-refractivity contribution < 1.29 is 23.4 Å². The van der Waals surface area contributed by atoms with Gasteiger partial charge in [-0.15, -0.1) is 5.10 Å². The van der Waals surface area contributed by atoms with Crippen molar-refractivity contribution in [3.63, 3.8) is 0 Å². The van der Waals surface area contributed by atoms with Gasteiger partial charge < -0.3 is 23.5 Å². The topological polar surface area (TPSA) is 106 Å². The molecule has 0 radical (unpaired) electrons. The van der Waals surface area contributed by atoms with Crippen LogP contribution in [0.3, 0.4) is 0 Å². The summed E-state index contributed by atoms with van der Waals surface area (Å²) in [6, 6.07) is 24.2. The summed E-state index contributed by atoms with van der Waals surface area (Å²) in [4.78, 5) is 24.2. The molecule has 262 valence electrons. The lowest BCUT2D eigenvalue weighted by Crippen LogP contribution is -2.37. The van der Waals surface area contributed by atoms with Crippen molar-refractivity contribution in [2.24, 2.45) is 0 Å². The zero-order valence-corrected chi connectivity index (χ0v) is 31.7. The average molecular weight is 703 g/mol. The first-order chi connectivity index (χ1) is 23.5. The number of carbonyl (C=O) groups is 1. The summed E-state index contributed by atoms with van der Waals surface area (Å²) in [7, 11) is -2.63. The second-order valence-corrected chi connectivity index (χ2v) is 25.9. The Labute approximate surface area is 292 Å². The van der Waals surface area contributed by atoms with E-state index in [1.165, 1.54) is 4.90 Å². The number of carbonyl (C=O) groups excluding carboxylic acids is 1. The van der Waals surface area contributed by atoms with Crippen LogP contribution >= 0.6 is 0 Å². The summed E-state index contributed by atoms with van der Waals surface area (Å²) in [5, 5.41) is 8.57. The average Bonchev–Trinajstić information content (AvgIpc) is 3.58. The smallest absolute Gasteiger partial charge is 0.325 e. The highest BCUT2D eigenvalue weighted by atomic mass is 28.3. The predicted molar refractivity (Wildman–Crippen MR) is 200 cm³/mol. The maximum absolute atomic E-state index is 14.1. The molecule has 0 N–H and O–H groups in total. The molecule has 2 aromatic carbocycles. The van der Waals surface area contributed by atoms with E-state index in [2.05, 4.69) is 83.6 Å². The number of pyridine rings is 1. The Bertz CT molecular complexity index is 1620. The minimum absolute atomic E-state index is 0.0300. The van der Waals surface area contributed by atoms with E-state index in [1.807, 2.05) is 47.4 Å². The fourth-order valence-electron chi connectivity index (χ4n) is 5.09. The molecule has 0 spiro atoms. The van der Waals surface area contributed by atoms with Crippen LogP contribution in [0, 0.1) is 0 Å². The van der Waals surface area contributed by atoms with Crippen LogP contribution in [0.25, 0.3) is 11.1 Å². The minimum Gasteiger partial charge on any atom is -0.398 e. The van der Waals surface area contributed by atoms with Gasteiger partial charge in [-0.1, -0.05) is 86.8 Å². The van der Waals surface area contributed by atoms with Gasteiger partial charge >= 0.3 is 17.8 Å². The monoisotopic (exact) mass is 702 g/mol. The summed E-state index contributed by atoms with van der Waals surface area (Å²) in [5.41, 5.74) is 3.52. The van der Waals surface area contributed by atoms with Gasteiger partial charge in [-0.05, 0) is 47.5 Å². The lowest BCUT2D eigenvalue weighted by molar-refractivity contribution is 0.0867. The molecule has 2 aromatic heterocycles. The van der Waals surface area contributed by atoms with Crippen LogP contribution < -0.4 is 14.7 Å². The highest BCUT2D eigenvalue weighted by Gasteiger charge is 2.27. The third-order valence-corrected chi connectivity index (χ3v) is 11.6. The number of anilines is 4. The summed E-state index contributed by atoms with van der Waals surface area (Å²) in [6.45, 7) is 18.1. The normalized spacial score (nSPS) is 13.8. The van der Waals surface area contributed by atoms with Gasteiger partial charge in [0.05, 0.1) is 25.1 Å². The van der Waals surface area contributed by atoms with Crippen LogP contribution in [0.5, 0.6) is 0 Å². The highest BCUT2D eigenvalue weighted by Crippen LogP contribution is 2.30. The van der Waals surface area contributed by atoms with Gasteiger partial charge in [-0.25, -0.2) is 4.98 Å². The number of hydrogen-bond acceptors (Lipinski definition) is 10. The maximum atomic E-state index is 14.1. The zero-order valence-electron chi connectivity index (χ0n) is 29.7. The molecule has 1 aliphatic heterocycles. The Morgan fingerprint density at radius 2 is 1.47 bits per heavy atom. The van der Waals surface area contributed by atoms with E-state index in [4.69, 9.17) is 18.6 Å². The number of hydrogen-bond donors (Lipinski definition) is 0. The first-order valence-electron chi connectivity index (χ1n) is 17.0. The Hall–Kier alpha value is -3.89. The number of benzene rings is 2. The molecule has 0 bridgehead atoms.